The van der Waals surface area contributed by atoms with Crippen molar-refractivity contribution in [2.24, 2.45) is 0 Å². The Hall–Kier alpha value is -3.79. The third kappa shape index (κ3) is 9.35. The van der Waals surface area contributed by atoms with Crippen LogP contribution in [0.4, 0.5) is 0 Å². The van der Waals surface area contributed by atoms with Gasteiger partial charge in [0, 0.05) is 12.1 Å². The van der Waals surface area contributed by atoms with Gasteiger partial charge in [0.05, 0.1) is 27.9 Å². The minimum Gasteiger partial charge on any atom is -0.496 e. The van der Waals surface area contributed by atoms with E-state index in [-0.39, 0.29) is 12.5 Å². The van der Waals surface area contributed by atoms with Crippen molar-refractivity contribution in [2.75, 3.05) is 34.4 Å². The molecule has 0 aliphatic carbocycles. The van der Waals surface area contributed by atoms with E-state index in [4.69, 9.17) is 34.0 Å². The maximum absolute atomic E-state index is 12.0. The van der Waals surface area contributed by atoms with Gasteiger partial charge < -0.3 is 35.1 Å². The lowest BCUT2D eigenvalue weighted by Gasteiger charge is -2.11. The number of para-hydroxylation sites is 1. The quantitative estimate of drug-likeness (QED) is 0.312. The van der Waals surface area contributed by atoms with Crippen LogP contribution in [-0.4, -0.2) is 62.5 Å². The van der Waals surface area contributed by atoms with E-state index in [0.717, 1.165) is 23.3 Å². The first-order chi connectivity index (χ1) is 15.3. The van der Waals surface area contributed by atoms with Crippen molar-refractivity contribution in [1.82, 2.24) is 10.6 Å². The Balaban J connectivity index is 0.000000751. The number of amides is 1. The standard InChI is InChI=1S/C20H26N2O4.C2H2O4/c1-24-17-7-5-4-6-16(17)13-22-20(23)14-21-11-10-15-8-9-18(25-2)19(12-15)26-3;3-1(4)2(5)6/h4-9,12,21H,10-11,13-14H2,1-3H3,(H,22,23);(H,3,4)(H,5,6). The molecule has 0 aromatic heterocycles. The molecule has 0 saturated heterocycles. The molecule has 0 fully saturated rings. The van der Waals surface area contributed by atoms with Crippen molar-refractivity contribution in [2.45, 2.75) is 13.0 Å². The van der Waals surface area contributed by atoms with Crippen LogP contribution in [0.1, 0.15) is 11.1 Å². The normalized spacial score (nSPS) is 9.72. The smallest absolute Gasteiger partial charge is 0.414 e. The Morgan fingerprint density at radius 3 is 2.06 bits per heavy atom. The fraction of sp³-hybridized carbons (Fsp3) is 0.318. The summed E-state index contributed by atoms with van der Waals surface area (Å²) in [5, 5.41) is 20.8. The van der Waals surface area contributed by atoms with E-state index < -0.39 is 11.9 Å². The Labute approximate surface area is 186 Å². The van der Waals surface area contributed by atoms with Crippen molar-refractivity contribution in [1.29, 1.82) is 0 Å². The lowest BCUT2D eigenvalue weighted by Crippen LogP contribution is -2.34. The third-order valence-electron chi connectivity index (χ3n) is 4.18. The molecule has 4 N–H and O–H groups in total. The van der Waals surface area contributed by atoms with Crippen LogP contribution in [0, 0.1) is 0 Å². The van der Waals surface area contributed by atoms with Crippen molar-refractivity contribution in [3.05, 3.63) is 53.6 Å². The van der Waals surface area contributed by atoms with Gasteiger partial charge in [-0.3, -0.25) is 4.79 Å². The summed E-state index contributed by atoms with van der Waals surface area (Å²) >= 11 is 0. The molecule has 174 valence electrons. The van der Waals surface area contributed by atoms with E-state index in [1.165, 1.54) is 0 Å². The summed E-state index contributed by atoms with van der Waals surface area (Å²) in [5.74, 6) is -1.51. The molecule has 0 aliphatic heterocycles. The zero-order chi connectivity index (χ0) is 23.9. The summed E-state index contributed by atoms with van der Waals surface area (Å²) < 4.78 is 15.8. The number of hydrogen-bond donors (Lipinski definition) is 4. The second-order valence-electron chi connectivity index (χ2n) is 6.31. The number of aliphatic carboxylic acids is 2. The molecule has 10 heteroatoms. The molecule has 1 amide bonds. The zero-order valence-corrected chi connectivity index (χ0v) is 18.2. The maximum atomic E-state index is 12.0. The largest absolute Gasteiger partial charge is 0.496 e. The van der Waals surface area contributed by atoms with Gasteiger partial charge in [0.2, 0.25) is 5.91 Å². The Morgan fingerprint density at radius 2 is 1.47 bits per heavy atom. The number of carboxylic acid groups (broad SMARTS) is 2. The molecule has 0 spiro atoms. The number of nitrogens with one attached hydrogen (secondary N) is 2. The highest BCUT2D eigenvalue weighted by Gasteiger charge is 2.07. The van der Waals surface area contributed by atoms with Gasteiger partial charge in [-0.1, -0.05) is 24.3 Å². The minimum atomic E-state index is -1.82. The van der Waals surface area contributed by atoms with E-state index in [9.17, 15) is 4.79 Å². The first-order valence-corrected chi connectivity index (χ1v) is 9.58. The first kappa shape index (κ1) is 26.2. The van der Waals surface area contributed by atoms with Crippen molar-refractivity contribution in [3.8, 4) is 17.2 Å². The second kappa shape index (κ2) is 14.3. The number of carbonyl (C=O) groups excluding carboxylic acids is 1. The highest BCUT2D eigenvalue weighted by atomic mass is 16.5. The van der Waals surface area contributed by atoms with Crippen LogP contribution >= 0.6 is 0 Å². The number of ether oxygens (including phenoxy) is 3. The average Bonchev–Trinajstić information content (AvgIpc) is 2.80. The number of rotatable bonds is 10. The van der Waals surface area contributed by atoms with E-state index in [2.05, 4.69) is 10.6 Å². The van der Waals surface area contributed by atoms with Gasteiger partial charge in [-0.15, -0.1) is 0 Å². The summed E-state index contributed by atoms with van der Waals surface area (Å²) in [6, 6.07) is 13.5. The zero-order valence-electron chi connectivity index (χ0n) is 18.2. The first-order valence-electron chi connectivity index (χ1n) is 9.58. The summed E-state index contributed by atoms with van der Waals surface area (Å²) in [7, 11) is 4.85. The van der Waals surface area contributed by atoms with E-state index >= 15 is 0 Å². The molecule has 0 unspecified atom stereocenters. The summed E-state index contributed by atoms with van der Waals surface area (Å²) in [5.41, 5.74) is 2.07. The molecular weight excluding hydrogens is 420 g/mol. The Bertz CT molecular complexity index is 889. The summed E-state index contributed by atoms with van der Waals surface area (Å²) in [6.45, 7) is 1.40. The molecule has 0 bridgehead atoms. The van der Waals surface area contributed by atoms with Gasteiger partial charge in [0.15, 0.2) is 11.5 Å². The fourth-order valence-corrected chi connectivity index (χ4v) is 2.58. The lowest BCUT2D eigenvalue weighted by atomic mass is 10.1. The average molecular weight is 448 g/mol. The molecule has 32 heavy (non-hydrogen) atoms. The lowest BCUT2D eigenvalue weighted by molar-refractivity contribution is -0.159. The summed E-state index contributed by atoms with van der Waals surface area (Å²) in [6.07, 6.45) is 0.792. The predicted molar refractivity (Wildman–Crippen MR) is 116 cm³/mol. The molecule has 0 saturated carbocycles. The summed E-state index contributed by atoms with van der Waals surface area (Å²) in [4.78, 5) is 30.2. The maximum Gasteiger partial charge on any atom is 0.414 e. The third-order valence-corrected chi connectivity index (χ3v) is 4.18. The van der Waals surface area contributed by atoms with Crippen molar-refractivity contribution >= 4 is 17.8 Å². The highest BCUT2D eigenvalue weighted by Crippen LogP contribution is 2.27. The Morgan fingerprint density at radius 1 is 0.844 bits per heavy atom. The van der Waals surface area contributed by atoms with Gasteiger partial charge in [-0.2, -0.15) is 0 Å². The molecule has 2 aromatic rings. The minimum absolute atomic E-state index is 0.0526. The van der Waals surface area contributed by atoms with Crippen molar-refractivity contribution < 1.29 is 38.8 Å². The van der Waals surface area contributed by atoms with Crippen LogP contribution in [0.15, 0.2) is 42.5 Å². The van der Waals surface area contributed by atoms with Crippen LogP contribution in [0.5, 0.6) is 17.2 Å². The van der Waals surface area contributed by atoms with E-state index in [1.54, 1.807) is 21.3 Å². The van der Waals surface area contributed by atoms with Gasteiger partial charge in [0.25, 0.3) is 0 Å². The van der Waals surface area contributed by atoms with Gasteiger partial charge >= 0.3 is 11.9 Å². The number of methoxy groups -OCH3 is 3. The van der Waals surface area contributed by atoms with E-state index in [1.807, 2.05) is 42.5 Å². The van der Waals surface area contributed by atoms with Crippen LogP contribution in [-0.2, 0) is 27.3 Å². The highest BCUT2D eigenvalue weighted by molar-refractivity contribution is 6.27. The molecule has 0 heterocycles. The van der Waals surface area contributed by atoms with Crippen LogP contribution in [0.3, 0.4) is 0 Å². The van der Waals surface area contributed by atoms with Gasteiger partial charge in [-0.25, -0.2) is 9.59 Å². The molecule has 0 atom stereocenters. The Kier molecular flexibility index (Phi) is 11.7. The van der Waals surface area contributed by atoms with Crippen molar-refractivity contribution in [3.63, 3.8) is 0 Å². The molecule has 0 aliphatic rings. The topological polar surface area (TPSA) is 143 Å². The van der Waals surface area contributed by atoms with Crippen LogP contribution < -0.4 is 24.8 Å². The van der Waals surface area contributed by atoms with Gasteiger partial charge in [0.1, 0.15) is 5.75 Å². The van der Waals surface area contributed by atoms with Crippen LogP contribution in [0.25, 0.3) is 0 Å². The number of benzene rings is 2. The molecule has 10 nitrogen and oxygen atoms in total. The van der Waals surface area contributed by atoms with E-state index in [0.29, 0.717) is 24.6 Å². The monoisotopic (exact) mass is 448 g/mol. The molecule has 2 aromatic carbocycles. The number of carboxylic acids is 2. The molecular formula is C22H28N2O8. The fourth-order valence-electron chi connectivity index (χ4n) is 2.58. The second-order valence-corrected chi connectivity index (χ2v) is 6.31. The van der Waals surface area contributed by atoms with Gasteiger partial charge in [-0.05, 0) is 36.7 Å². The molecule has 0 radical (unpaired) electrons. The number of carbonyl (C=O) groups is 3. The number of hydrogen-bond acceptors (Lipinski definition) is 7. The predicted octanol–water partition coefficient (Wildman–Crippen LogP) is 1.32. The molecule has 2 rings (SSSR count). The van der Waals surface area contributed by atoms with Crippen LogP contribution in [0.2, 0.25) is 0 Å². The SMILES string of the molecule is COc1ccccc1CNC(=O)CNCCc1ccc(OC)c(OC)c1.O=C(O)C(=O)O.